The van der Waals surface area contributed by atoms with Crippen LogP contribution >= 0.6 is 24.0 Å². The van der Waals surface area contributed by atoms with E-state index in [1.807, 2.05) is 0 Å². The monoisotopic (exact) mass is 361 g/mol. The Labute approximate surface area is 147 Å². The minimum absolute atomic E-state index is 0. The fraction of sp³-hybridized carbons (Fsp3) is 0.533. The Kier molecular flexibility index (Phi) is 8.91. The van der Waals surface area contributed by atoms with Crippen LogP contribution in [0.5, 0.6) is 0 Å². The van der Waals surface area contributed by atoms with Gasteiger partial charge in [-0.15, -0.1) is 12.4 Å². The van der Waals surface area contributed by atoms with Crippen LogP contribution in [0.1, 0.15) is 31.2 Å². The van der Waals surface area contributed by atoms with Gasteiger partial charge in [-0.1, -0.05) is 35.3 Å². The smallest absolute Gasteiger partial charge is 0.270 e. The Hall–Kier alpha value is -1.37. The first kappa shape index (κ1) is 19.7. The molecule has 0 atom stereocenters. The molecule has 1 fully saturated rings. The van der Waals surface area contributed by atoms with Crippen molar-refractivity contribution in [2.45, 2.75) is 25.7 Å². The highest BCUT2D eigenvalue weighted by Crippen LogP contribution is 2.15. The van der Waals surface area contributed by atoms with E-state index in [4.69, 9.17) is 16.4 Å². The molecule has 0 aliphatic carbocycles. The lowest BCUT2D eigenvalue weighted by atomic mass is 10.1. The minimum atomic E-state index is -0.465. The molecule has 1 aromatic carbocycles. The zero-order chi connectivity index (χ0) is 15.8. The second-order valence-corrected chi connectivity index (χ2v) is 5.64. The lowest BCUT2D eigenvalue weighted by molar-refractivity contribution is -0.384. The lowest BCUT2D eigenvalue weighted by Crippen LogP contribution is -2.31. The van der Waals surface area contributed by atoms with Gasteiger partial charge in [0.05, 0.1) is 4.92 Å². The molecule has 23 heavy (non-hydrogen) atoms. The van der Waals surface area contributed by atoms with E-state index >= 15 is 0 Å². The molecule has 0 spiro atoms. The summed E-state index contributed by atoms with van der Waals surface area (Å²) in [7, 11) is 0. The summed E-state index contributed by atoms with van der Waals surface area (Å²) in [5.41, 5.74) is 0.461. The van der Waals surface area contributed by atoms with E-state index in [0.29, 0.717) is 12.2 Å². The van der Waals surface area contributed by atoms with Crippen LogP contribution in [0.15, 0.2) is 29.4 Å². The van der Waals surface area contributed by atoms with Crippen molar-refractivity contribution in [2.24, 2.45) is 5.16 Å². The van der Waals surface area contributed by atoms with E-state index in [2.05, 4.69) is 10.1 Å². The van der Waals surface area contributed by atoms with E-state index in [-0.39, 0.29) is 23.3 Å². The van der Waals surface area contributed by atoms with E-state index < -0.39 is 4.92 Å². The van der Waals surface area contributed by atoms with Gasteiger partial charge in [0, 0.05) is 24.2 Å². The maximum atomic E-state index is 10.7. The third kappa shape index (κ3) is 6.72. The first-order chi connectivity index (χ1) is 10.7. The average Bonchev–Trinajstić information content (AvgIpc) is 2.55. The van der Waals surface area contributed by atoms with Crippen molar-refractivity contribution in [1.29, 1.82) is 0 Å². The molecule has 1 aliphatic rings. The normalized spacial score (nSPS) is 15.8. The van der Waals surface area contributed by atoms with Crippen molar-refractivity contribution >= 4 is 34.9 Å². The van der Waals surface area contributed by atoms with Gasteiger partial charge in [-0.25, -0.2) is 0 Å². The van der Waals surface area contributed by atoms with Crippen molar-refractivity contribution in [3.63, 3.8) is 0 Å². The van der Waals surface area contributed by atoms with E-state index in [1.54, 1.807) is 12.1 Å². The maximum absolute atomic E-state index is 10.7. The summed E-state index contributed by atoms with van der Waals surface area (Å²) in [6.45, 7) is 3.82. The van der Waals surface area contributed by atoms with Gasteiger partial charge in [0.2, 0.25) is 0 Å². The summed E-state index contributed by atoms with van der Waals surface area (Å²) in [5, 5.41) is 14.7. The van der Waals surface area contributed by atoms with Gasteiger partial charge in [0.1, 0.15) is 6.61 Å². The van der Waals surface area contributed by atoms with Crippen molar-refractivity contribution in [3.05, 3.63) is 39.9 Å². The van der Waals surface area contributed by atoms with Crippen molar-refractivity contribution in [1.82, 2.24) is 4.90 Å². The molecule has 8 heteroatoms. The van der Waals surface area contributed by atoms with Gasteiger partial charge in [0.25, 0.3) is 5.69 Å². The Morgan fingerprint density at radius 1 is 1.35 bits per heavy atom. The van der Waals surface area contributed by atoms with Crippen LogP contribution in [0, 0.1) is 10.1 Å². The van der Waals surface area contributed by atoms with Crippen molar-refractivity contribution < 1.29 is 9.76 Å². The van der Waals surface area contributed by atoms with E-state index in [0.717, 1.165) is 26.1 Å². The number of nitro benzene ring substituents is 1. The highest BCUT2D eigenvalue weighted by molar-refractivity contribution is 6.69. The number of nitrogens with zero attached hydrogens (tertiary/aromatic N) is 3. The number of oxime groups is 1. The minimum Gasteiger partial charge on any atom is -0.395 e. The largest absolute Gasteiger partial charge is 0.395 e. The standard InChI is InChI=1S/C15H20ClN3O3.ClH/c16-15(13-6-4-7-14(12-13)19(20)21)17-22-11-5-10-18-8-2-1-3-9-18;/h4,6-7,12H,1-3,5,8-11H2;1H/b17-15-;. The van der Waals surface area contributed by atoms with E-state index in [9.17, 15) is 10.1 Å². The fourth-order valence-electron chi connectivity index (χ4n) is 2.44. The van der Waals surface area contributed by atoms with Gasteiger partial charge in [-0.2, -0.15) is 0 Å². The predicted octanol–water partition coefficient (Wildman–Crippen LogP) is 3.81. The quantitative estimate of drug-likeness (QED) is 0.320. The predicted molar refractivity (Wildman–Crippen MR) is 93.6 cm³/mol. The molecule has 2 rings (SSSR count). The van der Waals surface area contributed by atoms with Gasteiger partial charge >= 0.3 is 0 Å². The molecule has 1 aromatic rings. The highest BCUT2D eigenvalue weighted by Gasteiger charge is 2.10. The second-order valence-electron chi connectivity index (χ2n) is 5.28. The zero-order valence-corrected chi connectivity index (χ0v) is 14.4. The number of benzene rings is 1. The molecule has 1 saturated heterocycles. The molecule has 0 unspecified atom stereocenters. The average molecular weight is 362 g/mol. The molecule has 1 aliphatic heterocycles. The van der Waals surface area contributed by atoms with Crippen molar-refractivity contribution in [3.8, 4) is 0 Å². The molecular weight excluding hydrogens is 341 g/mol. The molecule has 128 valence electrons. The number of piperidine rings is 1. The maximum Gasteiger partial charge on any atom is 0.270 e. The second kappa shape index (κ2) is 10.4. The molecule has 0 amide bonds. The summed E-state index contributed by atoms with van der Waals surface area (Å²) >= 11 is 6.00. The molecule has 1 heterocycles. The summed E-state index contributed by atoms with van der Waals surface area (Å²) in [6.07, 6.45) is 4.77. The molecule has 0 N–H and O–H groups in total. The first-order valence-electron chi connectivity index (χ1n) is 7.49. The first-order valence-corrected chi connectivity index (χ1v) is 7.87. The Morgan fingerprint density at radius 3 is 2.78 bits per heavy atom. The number of halogens is 2. The molecular formula is C15H21Cl2N3O3. The SMILES string of the molecule is Cl.O=[N+]([O-])c1cccc(/C(Cl)=N/OCCCN2CCCCC2)c1. The third-order valence-electron chi connectivity index (χ3n) is 3.60. The zero-order valence-electron chi connectivity index (χ0n) is 12.8. The Bertz CT molecular complexity index is 534. The van der Waals surface area contributed by atoms with Crippen LogP contribution < -0.4 is 0 Å². The number of hydrogen-bond acceptors (Lipinski definition) is 5. The number of nitro groups is 1. The van der Waals surface area contributed by atoms with Crippen LogP contribution in [0.3, 0.4) is 0 Å². The van der Waals surface area contributed by atoms with Crippen molar-refractivity contribution in [2.75, 3.05) is 26.2 Å². The fourth-order valence-corrected chi connectivity index (χ4v) is 2.60. The van der Waals surface area contributed by atoms with Gasteiger partial charge in [-0.3, -0.25) is 10.1 Å². The summed E-state index contributed by atoms with van der Waals surface area (Å²) in [4.78, 5) is 17.9. The van der Waals surface area contributed by atoms with Crippen LogP contribution in [-0.4, -0.2) is 41.2 Å². The van der Waals surface area contributed by atoms with Crippen LogP contribution in [0.25, 0.3) is 0 Å². The molecule has 0 aromatic heterocycles. The lowest BCUT2D eigenvalue weighted by Gasteiger charge is -2.25. The number of hydrogen-bond donors (Lipinski definition) is 0. The van der Waals surface area contributed by atoms with Crippen LogP contribution in [0.2, 0.25) is 0 Å². The van der Waals surface area contributed by atoms with Crippen LogP contribution in [-0.2, 0) is 4.84 Å². The Balaban J connectivity index is 0.00000264. The van der Waals surface area contributed by atoms with Gasteiger partial charge in [0.15, 0.2) is 5.17 Å². The molecule has 0 saturated carbocycles. The topological polar surface area (TPSA) is 68.0 Å². The molecule has 0 bridgehead atoms. The van der Waals surface area contributed by atoms with Crippen LogP contribution in [0.4, 0.5) is 5.69 Å². The number of rotatable bonds is 7. The van der Waals surface area contributed by atoms with E-state index in [1.165, 1.54) is 31.4 Å². The summed E-state index contributed by atoms with van der Waals surface area (Å²) in [5.74, 6) is 0. The molecule has 0 radical (unpaired) electrons. The third-order valence-corrected chi connectivity index (χ3v) is 3.89. The summed E-state index contributed by atoms with van der Waals surface area (Å²) in [6, 6.07) is 6.02. The Morgan fingerprint density at radius 2 is 2.09 bits per heavy atom. The van der Waals surface area contributed by atoms with Gasteiger partial charge in [-0.05, 0) is 32.4 Å². The molecule has 6 nitrogen and oxygen atoms in total. The summed E-state index contributed by atoms with van der Waals surface area (Å²) < 4.78 is 0. The number of likely N-dealkylation sites (tertiary alicyclic amines) is 1. The highest BCUT2D eigenvalue weighted by atomic mass is 35.5. The van der Waals surface area contributed by atoms with Gasteiger partial charge < -0.3 is 9.74 Å². The number of non-ortho nitro benzene ring substituents is 1.